The summed E-state index contributed by atoms with van der Waals surface area (Å²) < 4.78 is 8.70. The van der Waals surface area contributed by atoms with E-state index >= 15 is 0 Å². The van der Waals surface area contributed by atoms with Gasteiger partial charge in [0.2, 0.25) is 0 Å². The van der Waals surface area contributed by atoms with Gasteiger partial charge in [0.05, 0.1) is 22.4 Å². The van der Waals surface area contributed by atoms with Crippen molar-refractivity contribution in [2.45, 2.75) is 0 Å². The molecule has 0 amide bonds. The molecule has 0 bridgehead atoms. The molecular weight excluding hydrogens is 741 g/mol. The molecule has 0 unspecified atom stereocenters. The number of benzene rings is 10. The maximum absolute atomic E-state index is 6.27. The first-order valence-electron chi connectivity index (χ1n) is 20.8. The van der Waals surface area contributed by atoms with Crippen molar-refractivity contribution in [2.24, 2.45) is 0 Å². The maximum Gasteiger partial charge on any atom is 0.136 e. The molecule has 12 rings (SSSR count). The van der Waals surface area contributed by atoms with Crippen molar-refractivity contribution in [3.05, 3.63) is 231 Å². The summed E-state index contributed by atoms with van der Waals surface area (Å²) in [4.78, 5) is 2.39. The summed E-state index contributed by atoms with van der Waals surface area (Å²) in [6.07, 6.45) is 0. The van der Waals surface area contributed by atoms with Gasteiger partial charge in [-0.3, -0.25) is 0 Å². The molecule has 0 atom stereocenters. The van der Waals surface area contributed by atoms with E-state index < -0.39 is 0 Å². The molecular formula is C58H38N2O. The predicted molar refractivity (Wildman–Crippen MR) is 257 cm³/mol. The van der Waals surface area contributed by atoms with E-state index in [0.717, 1.165) is 55.8 Å². The van der Waals surface area contributed by atoms with E-state index in [1.165, 1.54) is 54.8 Å². The Labute approximate surface area is 353 Å². The number of furan rings is 1. The molecule has 3 heteroatoms. The monoisotopic (exact) mass is 778 g/mol. The van der Waals surface area contributed by atoms with E-state index in [-0.39, 0.29) is 0 Å². The lowest BCUT2D eigenvalue weighted by Gasteiger charge is -2.28. The second-order valence-corrected chi connectivity index (χ2v) is 15.7. The lowest BCUT2D eigenvalue weighted by molar-refractivity contribution is 0.669. The number of hydrogen-bond donors (Lipinski definition) is 0. The maximum atomic E-state index is 6.27. The summed E-state index contributed by atoms with van der Waals surface area (Å²) in [5, 5.41) is 7.14. The van der Waals surface area contributed by atoms with Gasteiger partial charge in [-0.1, -0.05) is 164 Å². The zero-order valence-electron chi connectivity index (χ0n) is 33.2. The Bertz CT molecular complexity index is 3520. The fourth-order valence-corrected chi connectivity index (χ4v) is 9.36. The summed E-state index contributed by atoms with van der Waals surface area (Å²) in [5.41, 5.74) is 15.6. The zero-order valence-corrected chi connectivity index (χ0v) is 33.2. The van der Waals surface area contributed by atoms with Crippen molar-refractivity contribution >= 4 is 71.6 Å². The Morgan fingerprint density at radius 1 is 0.311 bits per heavy atom. The number of rotatable bonds is 7. The van der Waals surface area contributed by atoms with Gasteiger partial charge in [0.15, 0.2) is 0 Å². The Morgan fingerprint density at radius 2 is 0.820 bits per heavy atom. The fourth-order valence-electron chi connectivity index (χ4n) is 9.36. The average molecular weight is 779 g/mol. The van der Waals surface area contributed by atoms with Crippen LogP contribution in [0.3, 0.4) is 0 Å². The van der Waals surface area contributed by atoms with Crippen LogP contribution in [0.25, 0.3) is 93.6 Å². The van der Waals surface area contributed by atoms with Crippen LogP contribution >= 0.6 is 0 Å². The third kappa shape index (κ3) is 5.82. The van der Waals surface area contributed by atoms with E-state index in [1.807, 2.05) is 12.1 Å². The van der Waals surface area contributed by atoms with E-state index in [2.05, 4.69) is 228 Å². The second-order valence-electron chi connectivity index (χ2n) is 15.7. The van der Waals surface area contributed by atoms with Gasteiger partial charge in [-0.15, -0.1) is 0 Å². The first kappa shape index (κ1) is 34.9. The SMILES string of the molecule is c1ccc(-c2ccc(N(c3ccc(-c4ccc5c(c4)oc4ccccc45)cc3)c3ccc(-c4ccccc4-n4c5ccccc5c5ccccc54)c4ccccc34)cc2)cc1. The highest BCUT2D eigenvalue weighted by Gasteiger charge is 2.21. The standard InChI is InChI=1S/C58H38N2O/c1-2-14-39(15-3-1)40-26-31-43(32-27-40)59(44-33-28-41(29-34-44)42-30-35-52-51-21-9-13-25-57(51)61-58(52)38-42)56-37-36-46(45-16-4-5-17-47(45)56)48-18-6-10-22-53(48)60-54-23-11-7-19-49(54)50-20-8-12-24-55(50)60/h1-38H. The van der Waals surface area contributed by atoms with Gasteiger partial charge < -0.3 is 13.9 Å². The molecule has 0 aliphatic rings. The van der Waals surface area contributed by atoms with Crippen molar-refractivity contribution in [1.82, 2.24) is 4.57 Å². The largest absolute Gasteiger partial charge is 0.456 e. The van der Waals surface area contributed by atoms with Gasteiger partial charge in [0, 0.05) is 43.9 Å². The Hall–Kier alpha value is -8.14. The first-order valence-corrected chi connectivity index (χ1v) is 20.8. The van der Waals surface area contributed by atoms with Gasteiger partial charge in [0.25, 0.3) is 0 Å². The van der Waals surface area contributed by atoms with E-state index in [1.54, 1.807) is 0 Å². The number of para-hydroxylation sites is 4. The van der Waals surface area contributed by atoms with Gasteiger partial charge >= 0.3 is 0 Å². The summed E-state index contributed by atoms with van der Waals surface area (Å²) in [7, 11) is 0. The number of anilines is 3. The molecule has 0 radical (unpaired) electrons. The molecule has 0 spiro atoms. The topological polar surface area (TPSA) is 21.3 Å². The second kappa shape index (κ2) is 14.3. The minimum absolute atomic E-state index is 0.897. The van der Waals surface area contributed by atoms with Crippen LogP contribution in [0.1, 0.15) is 0 Å². The highest BCUT2D eigenvalue weighted by atomic mass is 16.3. The molecule has 286 valence electrons. The molecule has 0 aliphatic carbocycles. The van der Waals surface area contributed by atoms with E-state index in [4.69, 9.17) is 4.42 Å². The molecule has 12 aromatic rings. The van der Waals surface area contributed by atoms with Crippen LogP contribution < -0.4 is 4.90 Å². The molecule has 0 N–H and O–H groups in total. The lowest BCUT2D eigenvalue weighted by Crippen LogP contribution is -2.10. The van der Waals surface area contributed by atoms with Crippen LogP contribution in [-0.4, -0.2) is 4.57 Å². The third-order valence-electron chi connectivity index (χ3n) is 12.2. The first-order chi connectivity index (χ1) is 30.3. The fraction of sp³-hybridized carbons (Fsp3) is 0. The number of hydrogen-bond acceptors (Lipinski definition) is 2. The van der Waals surface area contributed by atoms with Crippen LogP contribution in [0.5, 0.6) is 0 Å². The predicted octanol–water partition coefficient (Wildman–Crippen LogP) is 16.3. The van der Waals surface area contributed by atoms with Crippen molar-refractivity contribution in [3.8, 4) is 39.1 Å². The summed E-state index contributed by atoms with van der Waals surface area (Å²) in [5.74, 6) is 0. The van der Waals surface area contributed by atoms with Crippen molar-refractivity contribution in [1.29, 1.82) is 0 Å². The average Bonchev–Trinajstić information content (AvgIpc) is 3.88. The molecule has 2 aromatic heterocycles. The summed E-state index contributed by atoms with van der Waals surface area (Å²) in [6, 6.07) is 83.0. The Balaban J connectivity index is 1.01. The quantitative estimate of drug-likeness (QED) is 0.161. The summed E-state index contributed by atoms with van der Waals surface area (Å²) >= 11 is 0. The molecule has 3 nitrogen and oxygen atoms in total. The Morgan fingerprint density at radius 3 is 1.52 bits per heavy atom. The Kier molecular flexibility index (Phi) is 8.17. The van der Waals surface area contributed by atoms with Crippen molar-refractivity contribution in [2.75, 3.05) is 4.90 Å². The van der Waals surface area contributed by atoms with Crippen LogP contribution in [0, 0.1) is 0 Å². The zero-order chi connectivity index (χ0) is 40.3. The number of fused-ring (bicyclic) bond motifs is 7. The number of aromatic nitrogens is 1. The van der Waals surface area contributed by atoms with Gasteiger partial charge in [-0.05, 0) is 99.9 Å². The summed E-state index contributed by atoms with van der Waals surface area (Å²) in [6.45, 7) is 0. The highest BCUT2D eigenvalue weighted by Crippen LogP contribution is 2.45. The van der Waals surface area contributed by atoms with Gasteiger partial charge in [-0.25, -0.2) is 0 Å². The van der Waals surface area contributed by atoms with Gasteiger partial charge in [0.1, 0.15) is 11.2 Å². The smallest absolute Gasteiger partial charge is 0.136 e. The molecule has 2 heterocycles. The lowest BCUT2D eigenvalue weighted by atomic mass is 9.95. The molecule has 0 aliphatic heterocycles. The molecule has 0 saturated carbocycles. The van der Waals surface area contributed by atoms with Crippen LogP contribution in [0.15, 0.2) is 235 Å². The van der Waals surface area contributed by atoms with Crippen LogP contribution in [0.4, 0.5) is 17.1 Å². The molecule has 0 saturated heterocycles. The minimum atomic E-state index is 0.897. The minimum Gasteiger partial charge on any atom is -0.456 e. The van der Waals surface area contributed by atoms with Gasteiger partial charge in [-0.2, -0.15) is 0 Å². The highest BCUT2D eigenvalue weighted by molar-refractivity contribution is 6.12. The number of nitrogens with zero attached hydrogens (tertiary/aromatic N) is 2. The van der Waals surface area contributed by atoms with Crippen LogP contribution in [0.2, 0.25) is 0 Å². The third-order valence-corrected chi connectivity index (χ3v) is 12.2. The van der Waals surface area contributed by atoms with E-state index in [0.29, 0.717) is 0 Å². The molecule has 0 fully saturated rings. The molecule has 61 heavy (non-hydrogen) atoms. The van der Waals surface area contributed by atoms with E-state index in [9.17, 15) is 0 Å². The molecule has 10 aromatic carbocycles. The van der Waals surface area contributed by atoms with Crippen molar-refractivity contribution in [3.63, 3.8) is 0 Å². The van der Waals surface area contributed by atoms with Crippen LogP contribution in [-0.2, 0) is 0 Å². The van der Waals surface area contributed by atoms with Crippen molar-refractivity contribution < 1.29 is 4.42 Å². The normalized spacial score (nSPS) is 11.6.